The number of pyridine rings is 1. The zero-order chi connectivity index (χ0) is 10.8. The summed E-state index contributed by atoms with van der Waals surface area (Å²) in [5.74, 6) is -0.491. The Hall–Kier alpha value is -0.780. The van der Waals surface area contributed by atoms with Crippen molar-refractivity contribution in [1.29, 1.82) is 0 Å². The number of thiophene rings is 1. The molecule has 2 aromatic rings. The van der Waals surface area contributed by atoms with E-state index in [1.54, 1.807) is 6.07 Å². The van der Waals surface area contributed by atoms with Gasteiger partial charge in [0.05, 0.1) is 9.98 Å². The van der Waals surface area contributed by atoms with Gasteiger partial charge in [-0.2, -0.15) is 0 Å². The summed E-state index contributed by atoms with van der Waals surface area (Å²) in [4.78, 5) is 4.34. The molecule has 78 valence electrons. The first-order chi connectivity index (χ1) is 7.18. The summed E-state index contributed by atoms with van der Waals surface area (Å²) in [6.07, 6.45) is 1.63. The Labute approximate surface area is 98.5 Å². The second kappa shape index (κ2) is 4.38. The maximum Gasteiger partial charge on any atom is 0.147 e. The molecule has 1 atom stereocenters. The summed E-state index contributed by atoms with van der Waals surface area (Å²) in [6.45, 7) is 0. The largest absolute Gasteiger partial charge is 0.383 e. The zero-order valence-electron chi connectivity index (χ0n) is 7.52. The van der Waals surface area contributed by atoms with Crippen LogP contribution in [0.2, 0.25) is 0 Å². The minimum absolute atomic E-state index is 0.249. The lowest BCUT2D eigenvalue weighted by Gasteiger charge is -2.08. The van der Waals surface area contributed by atoms with Crippen molar-refractivity contribution < 1.29 is 9.50 Å². The van der Waals surface area contributed by atoms with E-state index in [0.717, 1.165) is 9.98 Å². The van der Waals surface area contributed by atoms with Gasteiger partial charge < -0.3 is 5.11 Å². The normalized spacial score (nSPS) is 12.7. The van der Waals surface area contributed by atoms with E-state index < -0.39 is 11.9 Å². The van der Waals surface area contributed by atoms with Crippen molar-refractivity contribution in [1.82, 2.24) is 4.98 Å². The number of rotatable bonds is 2. The van der Waals surface area contributed by atoms with Crippen LogP contribution in [0.15, 0.2) is 34.4 Å². The number of aliphatic hydroxyl groups excluding tert-OH is 1. The quantitative estimate of drug-likeness (QED) is 0.921. The first kappa shape index (κ1) is 10.7. The Morgan fingerprint density at radius 3 is 2.80 bits per heavy atom. The van der Waals surface area contributed by atoms with Crippen LogP contribution in [-0.2, 0) is 0 Å². The number of nitrogens with zero attached hydrogens (tertiary/aromatic N) is 1. The molecule has 0 saturated carbocycles. The molecule has 5 heteroatoms. The Morgan fingerprint density at radius 1 is 1.40 bits per heavy atom. The second-order valence-corrected chi connectivity index (χ2v) is 5.44. The van der Waals surface area contributed by atoms with Gasteiger partial charge in [0.15, 0.2) is 0 Å². The highest BCUT2D eigenvalue weighted by Crippen LogP contribution is 2.31. The van der Waals surface area contributed by atoms with E-state index in [-0.39, 0.29) is 5.56 Å². The predicted molar refractivity (Wildman–Crippen MR) is 60.3 cm³/mol. The lowest BCUT2D eigenvalue weighted by Crippen LogP contribution is -2.00. The third-order valence-corrected chi connectivity index (χ3v) is 3.64. The van der Waals surface area contributed by atoms with Crippen LogP contribution in [0.4, 0.5) is 4.39 Å². The lowest BCUT2D eigenvalue weighted by atomic mass is 10.1. The number of aromatic nitrogens is 1. The summed E-state index contributed by atoms with van der Waals surface area (Å²) in [7, 11) is 0. The maximum absolute atomic E-state index is 13.3. The van der Waals surface area contributed by atoms with Crippen LogP contribution in [-0.4, -0.2) is 10.1 Å². The first-order valence-corrected chi connectivity index (χ1v) is 5.82. The molecule has 0 aliphatic rings. The summed E-state index contributed by atoms with van der Waals surface area (Å²) in [5, 5.41) is 9.91. The van der Waals surface area contributed by atoms with E-state index in [1.165, 1.54) is 23.6 Å². The van der Waals surface area contributed by atoms with Crippen LogP contribution in [0.25, 0.3) is 0 Å². The monoisotopic (exact) mass is 287 g/mol. The maximum atomic E-state index is 13.3. The molecule has 0 amide bonds. The van der Waals surface area contributed by atoms with Gasteiger partial charge in [0.1, 0.15) is 11.9 Å². The average molecular weight is 288 g/mol. The van der Waals surface area contributed by atoms with Gasteiger partial charge in [-0.15, -0.1) is 11.3 Å². The van der Waals surface area contributed by atoms with Crippen molar-refractivity contribution in [2.24, 2.45) is 0 Å². The van der Waals surface area contributed by atoms with Crippen molar-refractivity contribution >= 4 is 27.3 Å². The fourth-order valence-corrected chi connectivity index (χ4v) is 2.67. The molecule has 0 aliphatic carbocycles. The lowest BCUT2D eigenvalue weighted by molar-refractivity contribution is 0.218. The summed E-state index contributed by atoms with van der Waals surface area (Å²) in [6, 6.07) is 5.06. The van der Waals surface area contributed by atoms with Gasteiger partial charge in [0.2, 0.25) is 0 Å². The molecule has 1 unspecified atom stereocenters. The summed E-state index contributed by atoms with van der Waals surface area (Å²) in [5.41, 5.74) is 0.249. The smallest absolute Gasteiger partial charge is 0.147 e. The molecule has 0 saturated heterocycles. The van der Waals surface area contributed by atoms with Gasteiger partial charge in [-0.05, 0) is 34.1 Å². The minimum atomic E-state index is -0.927. The number of aliphatic hydroxyl groups is 1. The highest BCUT2D eigenvalue weighted by atomic mass is 79.9. The van der Waals surface area contributed by atoms with Gasteiger partial charge in [-0.1, -0.05) is 0 Å². The van der Waals surface area contributed by atoms with E-state index in [0.29, 0.717) is 4.88 Å². The Morgan fingerprint density at radius 2 is 2.20 bits per heavy atom. The fraction of sp³-hybridized carbons (Fsp3) is 0.100. The third kappa shape index (κ3) is 2.25. The van der Waals surface area contributed by atoms with Gasteiger partial charge >= 0.3 is 0 Å². The third-order valence-electron chi connectivity index (χ3n) is 1.96. The van der Waals surface area contributed by atoms with Crippen molar-refractivity contribution in [3.8, 4) is 0 Å². The van der Waals surface area contributed by atoms with Crippen LogP contribution in [0.3, 0.4) is 0 Å². The van der Waals surface area contributed by atoms with Crippen LogP contribution in [0.1, 0.15) is 16.5 Å². The Bertz CT molecular complexity index is 474. The fourth-order valence-electron chi connectivity index (χ4n) is 1.24. The standard InChI is InChI=1S/C10H7BrFNOS/c11-9-2-1-8(15-9)10(14)6-3-4-13-5-7(6)12/h1-5,10,14H. The average Bonchev–Trinajstić information content (AvgIpc) is 2.65. The Balaban J connectivity index is 2.36. The molecule has 1 N–H and O–H groups in total. The highest BCUT2D eigenvalue weighted by Gasteiger charge is 2.16. The molecule has 0 radical (unpaired) electrons. The molecule has 2 heterocycles. The number of halogens is 2. The van der Waals surface area contributed by atoms with Crippen LogP contribution in [0, 0.1) is 5.82 Å². The topological polar surface area (TPSA) is 33.1 Å². The number of hydrogen-bond donors (Lipinski definition) is 1. The number of hydrogen-bond acceptors (Lipinski definition) is 3. The van der Waals surface area contributed by atoms with E-state index in [1.807, 2.05) is 6.07 Å². The van der Waals surface area contributed by atoms with Gasteiger partial charge in [0, 0.05) is 16.6 Å². The van der Waals surface area contributed by atoms with Crippen molar-refractivity contribution in [3.63, 3.8) is 0 Å². The van der Waals surface area contributed by atoms with Crippen LogP contribution < -0.4 is 0 Å². The van der Waals surface area contributed by atoms with Crippen molar-refractivity contribution in [2.75, 3.05) is 0 Å². The molecule has 0 aromatic carbocycles. The van der Waals surface area contributed by atoms with Gasteiger partial charge in [-0.3, -0.25) is 4.98 Å². The van der Waals surface area contributed by atoms with Gasteiger partial charge in [-0.25, -0.2) is 4.39 Å². The molecule has 0 fully saturated rings. The Kier molecular flexibility index (Phi) is 3.14. The summed E-state index contributed by atoms with van der Waals surface area (Å²) < 4.78 is 14.2. The van der Waals surface area contributed by atoms with E-state index in [9.17, 15) is 9.50 Å². The van der Waals surface area contributed by atoms with E-state index >= 15 is 0 Å². The van der Waals surface area contributed by atoms with E-state index in [2.05, 4.69) is 20.9 Å². The second-order valence-electron chi connectivity index (χ2n) is 2.94. The van der Waals surface area contributed by atoms with Crippen molar-refractivity contribution in [3.05, 3.63) is 50.6 Å². The summed E-state index contributed by atoms with van der Waals surface area (Å²) >= 11 is 4.67. The molecular weight excluding hydrogens is 281 g/mol. The zero-order valence-corrected chi connectivity index (χ0v) is 9.93. The first-order valence-electron chi connectivity index (χ1n) is 4.21. The molecule has 0 spiro atoms. The molecule has 0 bridgehead atoms. The molecule has 0 aliphatic heterocycles. The molecule has 2 rings (SSSR count). The minimum Gasteiger partial charge on any atom is -0.383 e. The molecule has 2 aromatic heterocycles. The van der Waals surface area contributed by atoms with Gasteiger partial charge in [0.25, 0.3) is 0 Å². The molecular formula is C10H7BrFNOS. The van der Waals surface area contributed by atoms with E-state index in [4.69, 9.17) is 0 Å². The molecule has 15 heavy (non-hydrogen) atoms. The van der Waals surface area contributed by atoms with Crippen molar-refractivity contribution in [2.45, 2.75) is 6.10 Å². The van der Waals surface area contributed by atoms with Crippen LogP contribution >= 0.6 is 27.3 Å². The predicted octanol–water partition coefficient (Wildman–Crippen LogP) is 3.13. The highest BCUT2D eigenvalue weighted by molar-refractivity contribution is 9.11. The van der Waals surface area contributed by atoms with Crippen LogP contribution in [0.5, 0.6) is 0 Å². The molecule has 2 nitrogen and oxygen atoms in total. The SMILES string of the molecule is OC(c1ccc(Br)s1)c1ccncc1F.